The van der Waals surface area contributed by atoms with Crippen molar-refractivity contribution in [2.45, 2.75) is 24.3 Å². The Morgan fingerprint density at radius 1 is 0.708 bits per heavy atom. The molecule has 6 nitrogen and oxygen atoms in total. The summed E-state index contributed by atoms with van der Waals surface area (Å²) in [6.45, 7) is 0.774. The van der Waals surface area contributed by atoms with Gasteiger partial charge in [0.2, 0.25) is 0 Å². The highest BCUT2D eigenvalue weighted by molar-refractivity contribution is 5.38. The molecule has 128 valence electrons. The van der Waals surface area contributed by atoms with E-state index in [0.717, 1.165) is 22.6 Å². The van der Waals surface area contributed by atoms with Gasteiger partial charge in [-0.3, -0.25) is 0 Å². The molecule has 2 aromatic rings. The summed E-state index contributed by atoms with van der Waals surface area (Å²) in [4.78, 5) is 0. The Kier molecular flexibility index (Phi) is 5.01. The van der Waals surface area contributed by atoms with Crippen LogP contribution in [0.1, 0.15) is 23.3 Å². The molecule has 0 radical (unpaired) electrons. The SMILES string of the molecule is NC1COc2ccccc2C1O.NC1COc2ccccc2C1O. The number of fused-ring (bicyclic) bond motifs is 2. The first-order valence-corrected chi connectivity index (χ1v) is 7.88. The van der Waals surface area contributed by atoms with Crippen LogP contribution in [0.3, 0.4) is 0 Å². The van der Waals surface area contributed by atoms with E-state index in [1.807, 2.05) is 48.5 Å². The lowest BCUT2D eigenvalue weighted by Crippen LogP contribution is -2.37. The molecular weight excluding hydrogens is 308 g/mol. The van der Waals surface area contributed by atoms with Crippen LogP contribution in [0.4, 0.5) is 0 Å². The second-order valence-corrected chi connectivity index (χ2v) is 5.92. The number of aliphatic hydroxyl groups excluding tert-OH is 2. The van der Waals surface area contributed by atoms with Gasteiger partial charge in [0.25, 0.3) is 0 Å². The van der Waals surface area contributed by atoms with E-state index in [1.165, 1.54) is 0 Å². The highest BCUT2D eigenvalue weighted by atomic mass is 16.5. The number of hydrogen-bond donors (Lipinski definition) is 4. The molecule has 0 amide bonds. The molecule has 0 saturated heterocycles. The van der Waals surface area contributed by atoms with E-state index in [2.05, 4.69) is 0 Å². The van der Waals surface area contributed by atoms with Crippen LogP contribution in [0, 0.1) is 0 Å². The summed E-state index contributed by atoms with van der Waals surface area (Å²) in [5.74, 6) is 1.48. The van der Waals surface area contributed by atoms with Crippen LogP contribution in [0.5, 0.6) is 11.5 Å². The van der Waals surface area contributed by atoms with Gasteiger partial charge in [-0.25, -0.2) is 0 Å². The number of benzene rings is 2. The van der Waals surface area contributed by atoms with E-state index in [1.54, 1.807) is 0 Å². The van der Waals surface area contributed by atoms with E-state index in [9.17, 15) is 10.2 Å². The Morgan fingerprint density at radius 2 is 1.08 bits per heavy atom. The van der Waals surface area contributed by atoms with Crippen molar-refractivity contribution in [2.24, 2.45) is 11.5 Å². The summed E-state index contributed by atoms with van der Waals surface area (Å²) in [5, 5.41) is 19.2. The molecule has 6 N–H and O–H groups in total. The highest BCUT2D eigenvalue weighted by Crippen LogP contribution is 2.31. The Bertz CT molecular complexity index is 635. The number of ether oxygens (including phenoxy) is 2. The molecular formula is C18H22N2O4. The largest absolute Gasteiger partial charge is 0.491 e. The van der Waals surface area contributed by atoms with Gasteiger partial charge in [0.15, 0.2) is 0 Å². The second-order valence-electron chi connectivity index (χ2n) is 5.92. The molecule has 2 aliphatic heterocycles. The normalized spacial score (nSPS) is 27.5. The van der Waals surface area contributed by atoms with Gasteiger partial charge in [-0.2, -0.15) is 0 Å². The summed E-state index contributed by atoms with van der Waals surface area (Å²) in [6, 6.07) is 14.2. The molecule has 4 atom stereocenters. The van der Waals surface area contributed by atoms with Crippen LogP contribution in [0.2, 0.25) is 0 Å². The van der Waals surface area contributed by atoms with Crippen LogP contribution in [-0.4, -0.2) is 35.5 Å². The summed E-state index contributed by atoms with van der Waals surface area (Å²) >= 11 is 0. The first-order valence-electron chi connectivity index (χ1n) is 7.88. The topological polar surface area (TPSA) is 111 Å². The fourth-order valence-electron chi connectivity index (χ4n) is 2.73. The standard InChI is InChI=1S/2C9H11NO2/c2*10-7-5-12-8-4-2-1-3-6(8)9(7)11/h2*1-4,7,9,11H,5,10H2. The Balaban J connectivity index is 0.000000141. The third-order valence-corrected chi connectivity index (χ3v) is 4.15. The predicted octanol–water partition coefficient (Wildman–Crippen LogP) is 0.879. The zero-order chi connectivity index (χ0) is 17.1. The summed E-state index contributed by atoms with van der Waals surface area (Å²) in [6.07, 6.45) is -1.18. The van der Waals surface area contributed by atoms with Crippen LogP contribution in [-0.2, 0) is 0 Å². The Hall–Kier alpha value is -2.12. The molecule has 0 fully saturated rings. The van der Waals surface area contributed by atoms with E-state index in [0.29, 0.717) is 13.2 Å². The summed E-state index contributed by atoms with van der Waals surface area (Å²) < 4.78 is 10.6. The van der Waals surface area contributed by atoms with Crippen molar-refractivity contribution in [2.75, 3.05) is 13.2 Å². The lowest BCUT2D eigenvalue weighted by molar-refractivity contribution is 0.0913. The minimum absolute atomic E-state index is 0.306. The molecule has 0 bridgehead atoms. The average molecular weight is 330 g/mol. The molecule has 4 unspecified atom stereocenters. The fraction of sp³-hybridized carbons (Fsp3) is 0.333. The molecule has 2 aliphatic rings. The second kappa shape index (κ2) is 7.19. The minimum atomic E-state index is -0.588. The number of hydrogen-bond acceptors (Lipinski definition) is 6. The van der Waals surface area contributed by atoms with Crippen molar-refractivity contribution < 1.29 is 19.7 Å². The Labute approximate surface area is 140 Å². The molecule has 0 aromatic heterocycles. The van der Waals surface area contributed by atoms with Crippen LogP contribution < -0.4 is 20.9 Å². The van der Waals surface area contributed by atoms with E-state index < -0.39 is 12.2 Å². The van der Waals surface area contributed by atoms with Gasteiger partial charge in [0.1, 0.15) is 36.9 Å². The van der Waals surface area contributed by atoms with Crippen molar-refractivity contribution in [3.63, 3.8) is 0 Å². The third kappa shape index (κ3) is 3.37. The number of rotatable bonds is 0. The van der Waals surface area contributed by atoms with E-state index in [4.69, 9.17) is 20.9 Å². The maximum atomic E-state index is 9.62. The first kappa shape index (κ1) is 16.7. The fourth-order valence-corrected chi connectivity index (χ4v) is 2.73. The summed E-state index contributed by atoms with van der Waals surface area (Å²) in [5.41, 5.74) is 12.8. The van der Waals surface area contributed by atoms with Gasteiger partial charge < -0.3 is 31.2 Å². The molecule has 0 saturated carbocycles. The molecule has 24 heavy (non-hydrogen) atoms. The maximum absolute atomic E-state index is 9.62. The van der Waals surface area contributed by atoms with Gasteiger partial charge in [-0.1, -0.05) is 36.4 Å². The molecule has 0 spiro atoms. The summed E-state index contributed by atoms with van der Waals surface area (Å²) in [7, 11) is 0. The van der Waals surface area contributed by atoms with Crippen molar-refractivity contribution in [3.05, 3.63) is 59.7 Å². The van der Waals surface area contributed by atoms with Crippen molar-refractivity contribution >= 4 is 0 Å². The van der Waals surface area contributed by atoms with E-state index >= 15 is 0 Å². The van der Waals surface area contributed by atoms with Crippen LogP contribution in [0.25, 0.3) is 0 Å². The number of para-hydroxylation sites is 2. The van der Waals surface area contributed by atoms with Crippen molar-refractivity contribution in [1.82, 2.24) is 0 Å². The van der Waals surface area contributed by atoms with Crippen LogP contribution >= 0.6 is 0 Å². The lowest BCUT2D eigenvalue weighted by atomic mass is 10.0. The van der Waals surface area contributed by atoms with E-state index in [-0.39, 0.29) is 12.1 Å². The van der Waals surface area contributed by atoms with Crippen molar-refractivity contribution in [1.29, 1.82) is 0 Å². The molecule has 2 heterocycles. The molecule has 2 aromatic carbocycles. The maximum Gasteiger partial charge on any atom is 0.125 e. The van der Waals surface area contributed by atoms with Gasteiger partial charge in [0, 0.05) is 11.1 Å². The first-order chi connectivity index (χ1) is 11.6. The van der Waals surface area contributed by atoms with Gasteiger partial charge in [-0.15, -0.1) is 0 Å². The molecule has 0 aliphatic carbocycles. The predicted molar refractivity (Wildman–Crippen MR) is 89.7 cm³/mol. The van der Waals surface area contributed by atoms with Crippen LogP contribution in [0.15, 0.2) is 48.5 Å². The highest BCUT2D eigenvalue weighted by Gasteiger charge is 2.26. The lowest BCUT2D eigenvalue weighted by Gasteiger charge is -2.27. The van der Waals surface area contributed by atoms with Gasteiger partial charge in [0.05, 0.1) is 12.1 Å². The quantitative estimate of drug-likeness (QED) is 0.571. The van der Waals surface area contributed by atoms with Gasteiger partial charge in [-0.05, 0) is 12.1 Å². The monoisotopic (exact) mass is 330 g/mol. The number of nitrogens with two attached hydrogens (primary N) is 2. The minimum Gasteiger partial charge on any atom is -0.491 e. The zero-order valence-electron chi connectivity index (χ0n) is 13.2. The average Bonchev–Trinajstić information content (AvgIpc) is 2.62. The molecule has 4 rings (SSSR count). The zero-order valence-corrected chi connectivity index (χ0v) is 13.2. The smallest absolute Gasteiger partial charge is 0.125 e. The third-order valence-electron chi connectivity index (χ3n) is 4.15. The van der Waals surface area contributed by atoms with Crippen molar-refractivity contribution in [3.8, 4) is 11.5 Å². The molecule has 6 heteroatoms. The Morgan fingerprint density at radius 3 is 1.50 bits per heavy atom. The van der Waals surface area contributed by atoms with Gasteiger partial charge >= 0.3 is 0 Å². The number of aliphatic hydroxyl groups is 2.